The highest BCUT2D eigenvalue weighted by atomic mass is 32.2. The molecule has 0 fully saturated rings. The number of rotatable bonds is 8. The smallest absolute Gasteiger partial charge is 0.239 e. The number of methoxy groups -OCH3 is 1. The number of amides is 1. The van der Waals surface area contributed by atoms with Crippen molar-refractivity contribution in [1.29, 1.82) is 0 Å². The third kappa shape index (κ3) is 6.76. The first-order valence-electron chi connectivity index (χ1n) is 5.12. The van der Waals surface area contributed by atoms with Crippen LogP contribution < -0.4 is 5.73 Å². The van der Waals surface area contributed by atoms with Crippen LogP contribution in [-0.4, -0.2) is 56.2 Å². The highest BCUT2D eigenvalue weighted by molar-refractivity contribution is 7.98. The number of nitrogens with zero attached hydrogens (tertiary/aromatic N) is 1. The molecule has 0 rings (SSSR count). The fourth-order valence-electron chi connectivity index (χ4n) is 1.21. The highest BCUT2D eigenvalue weighted by Crippen LogP contribution is 2.02. The van der Waals surface area contributed by atoms with Crippen molar-refractivity contribution in [2.24, 2.45) is 5.73 Å². The summed E-state index contributed by atoms with van der Waals surface area (Å²) >= 11 is 1.71. The van der Waals surface area contributed by atoms with Gasteiger partial charge >= 0.3 is 0 Å². The molecule has 4 nitrogen and oxygen atoms in total. The summed E-state index contributed by atoms with van der Waals surface area (Å²) < 4.78 is 4.92. The summed E-state index contributed by atoms with van der Waals surface area (Å²) in [6.45, 7) is 1.39. The predicted octanol–water partition coefficient (Wildman–Crippen LogP) is 0.562. The van der Waals surface area contributed by atoms with Gasteiger partial charge in [-0.1, -0.05) is 0 Å². The van der Waals surface area contributed by atoms with Gasteiger partial charge in [0.1, 0.15) is 0 Å². The summed E-state index contributed by atoms with van der Waals surface area (Å²) in [4.78, 5) is 13.4. The largest absolute Gasteiger partial charge is 0.385 e. The van der Waals surface area contributed by atoms with Crippen molar-refractivity contribution in [2.75, 3.05) is 39.3 Å². The molecule has 0 heterocycles. The van der Waals surface area contributed by atoms with Crippen molar-refractivity contribution in [1.82, 2.24) is 4.90 Å². The monoisotopic (exact) mass is 234 g/mol. The van der Waals surface area contributed by atoms with Crippen LogP contribution in [0, 0.1) is 0 Å². The van der Waals surface area contributed by atoms with E-state index in [1.54, 1.807) is 30.8 Å². The summed E-state index contributed by atoms with van der Waals surface area (Å²) in [7, 11) is 3.45. The van der Waals surface area contributed by atoms with Crippen LogP contribution in [0.1, 0.15) is 12.8 Å². The first kappa shape index (κ1) is 14.7. The number of ether oxygens (including phenoxy) is 1. The number of carbonyl (C=O) groups excluding carboxylic acids is 1. The Kier molecular flexibility index (Phi) is 8.85. The Morgan fingerprint density at radius 3 is 2.80 bits per heavy atom. The third-order valence-corrected chi connectivity index (χ3v) is 2.81. The van der Waals surface area contributed by atoms with E-state index in [1.165, 1.54) is 0 Å². The van der Waals surface area contributed by atoms with E-state index in [9.17, 15) is 4.79 Å². The first-order valence-corrected chi connectivity index (χ1v) is 6.51. The van der Waals surface area contributed by atoms with E-state index in [0.29, 0.717) is 13.2 Å². The molecule has 2 N–H and O–H groups in total. The van der Waals surface area contributed by atoms with E-state index in [1.807, 2.05) is 6.26 Å². The molecule has 0 unspecified atom stereocenters. The molecule has 0 aromatic rings. The molecule has 5 heteroatoms. The van der Waals surface area contributed by atoms with Gasteiger partial charge < -0.3 is 15.4 Å². The maximum absolute atomic E-state index is 11.7. The minimum Gasteiger partial charge on any atom is -0.385 e. The quantitative estimate of drug-likeness (QED) is 0.624. The van der Waals surface area contributed by atoms with Gasteiger partial charge in [0.25, 0.3) is 0 Å². The van der Waals surface area contributed by atoms with Gasteiger partial charge in [-0.15, -0.1) is 0 Å². The lowest BCUT2D eigenvalue weighted by Gasteiger charge is -2.20. The van der Waals surface area contributed by atoms with Gasteiger partial charge in [-0.3, -0.25) is 4.79 Å². The van der Waals surface area contributed by atoms with Gasteiger partial charge in [0.05, 0.1) is 6.04 Å². The van der Waals surface area contributed by atoms with E-state index in [2.05, 4.69) is 0 Å². The lowest BCUT2D eigenvalue weighted by atomic mass is 10.2. The predicted molar refractivity (Wildman–Crippen MR) is 65.1 cm³/mol. The molecule has 0 saturated heterocycles. The van der Waals surface area contributed by atoms with Crippen LogP contribution in [0.15, 0.2) is 0 Å². The van der Waals surface area contributed by atoms with Crippen molar-refractivity contribution in [3.63, 3.8) is 0 Å². The Labute approximate surface area is 96.5 Å². The number of carbonyl (C=O) groups is 1. The molecule has 0 bridgehead atoms. The van der Waals surface area contributed by atoms with Gasteiger partial charge in [0.15, 0.2) is 0 Å². The molecule has 0 aromatic heterocycles. The second kappa shape index (κ2) is 9.00. The molecule has 0 aliphatic carbocycles. The molecule has 0 aliphatic heterocycles. The normalized spacial score (nSPS) is 12.5. The molecule has 15 heavy (non-hydrogen) atoms. The number of hydrogen-bond donors (Lipinski definition) is 1. The van der Waals surface area contributed by atoms with E-state index in [-0.39, 0.29) is 11.9 Å². The maximum Gasteiger partial charge on any atom is 0.239 e. The van der Waals surface area contributed by atoms with E-state index >= 15 is 0 Å². The second-order valence-corrected chi connectivity index (χ2v) is 4.48. The van der Waals surface area contributed by atoms with E-state index < -0.39 is 0 Å². The van der Waals surface area contributed by atoms with Crippen molar-refractivity contribution in [3.8, 4) is 0 Å². The molecule has 0 aliphatic rings. The molecule has 0 spiro atoms. The lowest BCUT2D eigenvalue weighted by molar-refractivity contribution is -0.131. The second-order valence-electron chi connectivity index (χ2n) is 3.49. The van der Waals surface area contributed by atoms with E-state index in [0.717, 1.165) is 18.6 Å². The van der Waals surface area contributed by atoms with Crippen LogP contribution in [-0.2, 0) is 9.53 Å². The number of nitrogens with two attached hydrogens (primary N) is 1. The third-order valence-electron chi connectivity index (χ3n) is 2.17. The summed E-state index contributed by atoms with van der Waals surface area (Å²) in [6, 6.07) is -0.356. The molecule has 0 radical (unpaired) electrons. The fraction of sp³-hybridized carbons (Fsp3) is 0.900. The van der Waals surface area contributed by atoms with Crippen LogP contribution >= 0.6 is 11.8 Å². The average Bonchev–Trinajstić information content (AvgIpc) is 2.24. The summed E-state index contributed by atoms with van der Waals surface area (Å²) in [5.74, 6) is 0.957. The lowest BCUT2D eigenvalue weighted by Crippen LogP contribution is -2.42. The van der Waals surface area contributed by atoms with Gasteiger partial charge in [0, 0.05) is 27.3 Å². The Bertz CT molecular complexity index is 179. The minimum atomic E-state index is -0.356. The zero-order chi connectivity index (χ0) is 11.7. The SMILES string of the molecule is COCCCN(C)C(=O)[C@H](N)CCSC. The Morgan fingerprint density at radius 1 is 1.60 bits per heavy atom. The van der Waals surface area contributed by atoms with Crippen molar-refractivity contribution in [3.05, 3.63) is 0 Å². The van der Waals surface area contributed by atoms with Crippen LogP contribution in [0.25, 0.3) is 0 Å². The number of hydrogen-bond acceptors (Lipinski definition) is 4. The molecule has 90 valence electrons. The maximum atomic E-state index is 11.7. The first-order chi connectivity index (χ1) is 7.13. The number of thioether (sulfide) groups is 1. The molecule has 0 saturated carbocycles. The highest BCUT2D eigenvalue weighted by Gasteiger charge is 2.16. The Hall–Kier alpha value is -0.260. The van der Waals surface area contributed by atoms with Crippen molar-refractivity contribution >= 4 is 17.7 Å². The van der Waals surface area contributed by atoms with Crippen molar-refractivity contribution in [2.45, 2.75) is 18.9 Å². The van der Waals surface area contributed by atoms with E-state index in [4.69, 9.17) is 10.5 Å². The standard InChI is InChI=1S/C10H22N2O2S/c1-12(6-4-7-14-2)10(13)9(11)5-8-15-3/h9H,4-8,11H2,1-3H3/t9-/m1/s1. The van der Waals surface area contributed by atoms with Crippen molar-refractivity contribution < 1.29 is 9.53 Å². The molecular formula is C10H22N2O2S. The Balaban J connectivity index is 3.75. The molecule has 0 aromatic carbocycles. The van der Waals surface area contributed by atoms with Gasteiger partial charge in [-0.05, 0) is 24.9 Å². The fourth-order valence-corrected chi connectivity index (χ4v) is 1.70. The molecule has 1 atom stereocenters. The van der Waals surface area contributed by atoms with Gasteiger partial charge in [-0.2, -0.15) is 11.8 Å². The summed E-state index contributed by atoms with van der Waals surface area (Å²) in [5.41, 5.74) is 5.77. The topological polar surface area (TPSA) is 55.6 Å². The van der Waals surface area contributed by atoms with Crippen LogP contribution in [0.2, 0.25) is 0 Å². The zero-order valence-electron chi connectivity index (χ0n) is 9.86. The average molecular weight is 234 g/mol. The zero-order valence-corrected chi connectivity index (χ0v) is 10.7. The summed E-state index contributed by atoms with van der Waals surface area (Å²) in [5, 5.41) is 0. The molecular weight excluding hydrogens is 212 g/mol. The van der Waals surface area contributed by atoms with Gasteiger partial charge in [0.2, 0.25) is 5.91 Å². The molecule has 1 amide bonds. The van der Waals surface area contributed by atoms with Crippen LogP contribution in [0.5, 0.6) is 0 Å². The van der Waals surface area contributed by atoms with Gasteiger partial charge in [-0.25, -0.2) is 0 Å². The number of likely N-dealkylation sites (N-methyl/N-ethyl adjacent to an activating group) is 1. The minimum absolute atomic E-state index is 0.0279. The Morgan fingerprint density at radius 2 is 2.27 bits per heavy atom. The van der Waals surface area contributed by atoms with Crippen LogP contribution in [0.3, 0.4) is 0 Å². The van der Waals surface area contributed by atoms with Crippen LogP contribution in [0.4, 0.5) is 0 Å². The summed E-state index contributed by atoms with van der Waals surface area (Å²) in [6.07, 6.45) is 3.61.